The first kappa shape index (κ1) is 87.9. The molecular weight excluding hydrogens is 1600 g/mol. The number of hydrogen-bond acceptors (Lipinski definition) is 8. The van der Waals surface area contributed by atoms with Gasteiger partial charge in [-0.3, -0.25) is 9.69 Å². The topological polar surface area (TPSA) is 139 Å². The molecule has 442 valence electrons. The van der Waals surface area contributed by atoms with Crippen LogP contribution >= 0.6 is 95.6 Å². The minimum absolute atomic E-state index is 0. The Bertz CT molecular complexity index is 3000. The van der Waals surface area contributed by atoms with Gasteiger partial charge in [0.25, 0.3) is 6.47 Å². The molecule has 9 nitrogen and oxygen atoms in total. The fourth-order valence-corrected chi connectivity index (χ4v) is 10.7. The van der Waals surface area contributed by atoms with Crippen LogP contribution in [0.2, 0.25) is 0 Å². The number of hydrogen-bond donors (Lipinski definition) is 2. The molecule has 0 atom stereocenters. The van der Waals surface area contributed by atoms with Crippen molar-refractivity contribution in [3.63, 3.8) is 0 Å². The molecule has 2 aliphatic rings. The molecular formula is C67H72Br7K2N4NaO5. The summed E-state index contributed by atoms with van der Waals surface area (Å²) in [7, 11) is 0. The van der Waals surface area contributed by atoms with Crippen LogP contribution in [0, 0.1) is 11.3 Å². The zero-order valence-corrected chi connectivity index (χ0v) is 69.0. The Morgan fingerprint density at radius 2 is 0.977 bits per heavy atom. The first-order valence-corrected chi connectivity index (χ1v) is 31.4. The SMILES string of the molecule is BrCc1ccc(Br)cc1.Brc1ccc(C[N+]2(Cc3ccc(Br)cc3)CCc3ccccc3C2)cc1.C=Cc1ccccc1CN(Cc1ccc(Br)cc1)Cc1ccc(Br)cc1.CC#N.CCO.O=CO[O-].[Br-].[H-].[K+].[K+].[Na+].[OH-].c1ccc2c(c1)CCNC2. The molecule has 2 aliphatic heterocycles. The Labute approximate surface area is 681 Å². The number of halogens is 7. The molecule has 2 heterocycles. The van der Waals surface area contributed by atoms with E-state index in [-0.39, 0.29) is 169 Å². The van der Waals surface area contributed by atoms with Gasteiger partial charge in [0.05, 0.1) is 12.6 Å². The molecule has 0 fully saturated rings. The summed E-state index contributed by atoms with van der Waals surface area (Å²) in [4.78, 5) is 13.7. The third-order valence-corrected chi connectivity index (χ3v) is 16.1. The summed E-state index contributed by atoms with van der Waals surface area (Å²) in [5.41, 5.74) is 15.2. The van der Waals surface area contributed by atoms with E-state index in [9.17, 15) is 0 Å². The van der Waals surface area contributed by atoms with Crippen molar-refractivity contribution in [2.45, 2.75) is 77.8 Å². The number of aliphatic hydroxyl groups is 1. The molecule has 86 heavy (non-hydrogen) atoms. The molecule has 10 rings (SSSR count). The summed E-state index contributed by atoms with van der Waals surface area (Å²) < 4.78 is 6.72. The van der Waals surface area contributed by atoms with Crippen LogP contribution in [0.15, 0.2) is 223 Å². The number of nitrogens with one attached hydrogen (secondary N) is 1. The number of alkyl halides is 1. The summed E-state index contributed by atoms with van der Waals surface area (Å²) >= 11 is 20.9. The van der Waals surface area contributed by atoms with Crippen LogP contribution in [-0.2, 0) is 73.7 Å². The Hall–Kier alpha value is -0.147. The Balaban J connectivity index is -0.00000107. The molecule has 8 aromatic rings. The minimum atomic E-state index is -0.181. The van der Waals surface area contributed by atoms with Crippen LogP contribution in [0.3, 0.4) is 0 Å². The quantitative estimate of drug-likeness (QED) is 0.0405. The molecule has 0 spiro atoms. The van der Waals surface area contributed by atoms with Crippen LogP contribution < -0.4 is 160 Å². The molecule has 0 saturated heterocycles. The second-order valence-corrected chi connectivity index (χ2v) is 23.9. The van der Waals surface area contributed by atoms with Gasteiger partial charge in [-0.05, 0) is 125 Å². The monoisotopic (exact) mass is 1670 g/mol. The molecule has 0 bridgehead atoms. The van der Waals surface area contributed by atoms with Crippen LogP contribution in [-0.4, -0.2) is 46.1 Å². The zero-order chi connectivity index (χ0) is 58.7. The number of fused-ring (bicyclic) bond motifs is 2. The molecule has 0 saturated carbocycles. The van der Waals surface area contributed by atoms with E-state index in [1.807, 2.05) is 18.2 Å². The minimum Gasteiger partial charge on any atom is -1.00 e. The molecule has 0 amide bonds. The van der Waals surface area contributed by atoms with Crippen LogP contribution in [0.25, 0.3) is 6.08 Å². The van der Waals surface area contributed by atoms with E-state index < -0.39 is 0 Å². The standard InChI is InChI=1S/C23H22Br2N.C23H21Br2N.C9H11N.C7H6Br2.C2H3N.C2H6O.CH2O3.BrH.2K.Na.H2O.H/c24-22-9-5-18(6-10-22)15-26(16-19-7-11-23(25)12-8-19)14-13-20-3-1-2-4-21(20)17-26;1-2-20-5-3-4-6-21(20)17-26(15-18-7-11-22(24)12-8-18)16-19-9-13-23(25)14-10-19;1-2-4-9-7-10-6-5-8(9)3-1;8-5-6-1-3-7(9)4-2-6;2*1-2-3;2-1-4-3;;;;;;/h1-12H,13-17H2;2-14H,1,15-17H2;1-4,10H,5-7H2;1-4H,5H2;1H3;3H,2H2,1H3;1,3H;1H;;;;1H2;/q+1;;;;;;;;3*+1;;-1/p-3. The van der Waals surface area contributed by atoms with Gasteiger partial charge in [-0.25, -0.2) is 0 Å². The van der Waals surface area contributed by atoms with Gasteiger partial charge in [-0.1, -0.05) is 242 Å². The first-order valence-electron chi connectivity index (χ1n) is 26.3. The van der Waals surface area contributed by atoms with Crippen molar-refractivity contribution in [1.29, 1.82) is 5.26 Å². The largest absolute Gasteiger partial charge is 1.00 e. The fraction of sp³-hybridized carbons (Fsp3) is 0.224. The predicted molar refractivity (Wildman–Crippen MR) is 355 cm³/mol. The third-order valence-electron chi connectivity index (χ3n) is 12.8. The molecule has 0 aromatic heterocycles. The summed E-state index contributed by atoms with van der Waals surface area (Å²) in [6.07, 6.45) is 4.28. The zero-order valence-electron chi connectivity index (χ0n) is 50.6. The first-order chi connectivity index (χ1) is 39.3. The predicted octanol–water partition coefficient (Wildman–Crippen LogP) is 5.13. The van der Waals surface area contributed by atoms with Gasteiger partial charge >= 0.3 is 132 Å². The van der Waals surface area contributed by atoms with Crippen LogP contribution in [0.1, 0.15) is 76.5 Å². The summed E-state index contributed by atoms with van der Waals surface area (Å²) in [5, 5.41) is 27.6. The fourth-order valence-electron chi connectivity index (χ4n) is 9.01. The second-order valence-electron chi connectivity index (χ2n) is 18.8. The maximum atomic E-state index is 8.64. The molecule has 8 aromatic carbocycles. The van der Waals surface area contributed by atoms with Gasteiger partial charge in [0, 0.05) is 90.5 Å². The second kappa shape index (κ2) is 52.3. The van der Waals surface area contributed by atoms with E-state index >= 15 is 0 Å². The Kier molecular flexibility index (Phi) is 53.4. The maximum absolute atomic E-state index is 8.64. The van der Waals surface area contributed by atoms with Gasteiger partial charge in [0.2, 0.25) is 0 Å². The molecule has 19 heteroatoms. The van der Waals surface area contributed by atoms with E-state index in [1.54, 1.807) is 13.0 Å². The van der Waals surface area contributed by atoms with Crippen LogP contribution in [0.5, 0.6) is 0 Å². The van der Waals surface area contributed by atoms with E-state index in [4.69, 9.17) is 20.4 Å². The van der Waals surface area contributed by atoms with E-state index in [0.29, 0.717) is 0 Å². The number of quaternary nitrogens is 1. The average molecular weight is 1670 g/mol. The normalized spacial score (nSPS) is 11.4. The number of nitriles is 1. The van der Waals surface area contributed by atoms with Crippen LogP contribution in [0.4, 0.5) is 0 Å². The smallest absolute Gasteiger partial charge is 1.00 e. The van der Waals surface area contributed by atoms with Gasteiger partial charge in [0.15, 0.2) is 0 Å². The Morgan fingerprint density at radius 1 is 0.628 bits per heavy atom. The average Bonchev–Trinajstić information content (AvgIpc) is 1.36. The van der Waals surface area contributed by atoms with Gasteiger partial charge in [0.1, 0.15) is 19.6 Å². The van der Waals surface area contributed by atoms with E-state index in [2.05, 4.69) is 299 Å². The van der Waals surface area contributed by atoms with Gasteiger partial charge in [-0.15, -0.1) is 0 Å². The van der Waals surface area contributed by atoms with Crippen molar-refractivity contribution in [2.24, 2.45) is 0 Å². The number of benzene rings is 8. The molecule has 3 N–H and O–H groups in total. The summed E-state index contributed by atoms with van der Waals surface area (Å²) in [6.45, 7) is 16.4. The number of nitrogens with zero attached hydrogens (tertiary/aromatic N) is 3. The van der Waals surface area contributed by atoms with E-state index in [1.165, 1.54) is 81.1 Å². The molecule has 0 aliphatic carbocycles. The summed E-state index contributed by atoms with van der Waals surface area (Å²) in [6, 6.07) is 70.8. The molecule has 0 radical (unpaired) electrons. The number of carbonyl (C=O) groups is 1. The number of aliphatic hydroxyl groups excluding tert-OH is 1. The number of carbonyl (C=O) groups excluding carboxylic acids is 1. The number of rotatable bonds is 13. The maximum Gasteiger partial charge on any atom is 1.00 e. The van der Waals surface area contributed by atoms with Crippen molar-refractivity contribution >= 4 is 108 Å². The van der Waals surface area contributed by atoms with Crippen molar-refractivity contribution in [3.8, 4) is 6.07 Å². The van der Waals surface area contributed by atoms with Gasteiger partial charge < -0.3 is 48.9 Å². The van der Waals surface area contributed by atoms with Crippen molar-refractivity contribution in [2.75, 3.05) is 19.7 Å². The Morgan fingerprint density at radius 3 is 1.36 bits per heavy atom. The molecule has 0 unspecified atom stereocenters. The third kappa shape index (κ3) is 35.2. The van der Waals surface area contributed by atoms with Crippen molar-refractivity contribution < 1.29 is 181 Å². The van der Waals surface area contributed by atoms with Gasteiger partial charge in [-0.2, -0.15) is 5.26 Å². The van der Waals surface area contributed by atoms with Crippen molar-refractivity contribution in [1.82, 2.24) is 10.2 Å². The van der Waals surface area contributed by atoms with Crippen molar-refractivity contribution in [3.05, 3.63) is 284 Å². The van der Waals surface area contributed by atoms with E-state index in [0.717, 1.165) is 91.0 Å². The summed E-state index contributed by atoms with van der Waals surface area (Å²) in [5.74, 6) is 0.